The number of nitrogens with zero attached hydrogens (tertiary/aromatic N) is 1. The van der Waals surface area contributed by atoms with Crippen LogP contribution < -0.4 is 0 Å². The Hall–Kier alpha value is -1.03. The Balaban J connectivity index is 2.19. The van der Waals surface area contributed by atoms with Gasteiger partial charge < -0.3 is 4.90 Å². The highest BCUT2D eigenvalue weighted by Crippen LogP contribution is 2.24. The second kappa shape index (κ2) is 6.82. The lowest BCUT2D eigenvalue weighted by Gasteiger charge is -2.19. The van der Waals surface area contributed by atoms with Crippen LogP contribution in [-0.4, -0.2) is 17.9 Å². The quantitative estimate of drug-likeness (QED) is 0.697. The van der Waals surface area contributed by atoms with Gasteiger partial charge in [-0.1, -0.05) is 51.3 Å². The van der Waals surface area contributed by atoms with Crippen LogP contribution in [-0.2, 0) is 6.54 Å². The Morgan fingerprint density at radius 3 is 2.57 bits per heavy atom. The highest BCUT2D eigenvalue weighted by Gasteiger charge is 2.15. The minimum atomic E-state index is -0.0279. The van der Waals surface area contributed by atoms with Crippen LogP contribution >= 0.6 is 39.1 Å². The molecular formula is C16H14BrCl2NO. The van der Waals surface area contributed by atoms with Crippen LogP contribution in [0.2, 0.25) is 10.0 Å². The van der Waals surface area contributed by atoms with Gasteiger partial charge in [0.2, 0.25) is 0 Å². The molecule has 2 rings (SSSR count). The van der Waals surface area contributed by atoms with E-state index in [2.05, 4.69) is 15.9 Å². The maximum absolute atomic E-state index is 12.5. The van der Waals surface area contributed by atoms with Gasteiger partial charge in [-0.25, -0.2) is 0 Å². The molecule has 2 aromatic rings. The second-order valence-corrected chi connectivity index (χ2v) is 6.49. The van der Waals surface area contributed by atoms with Gasteiger partial charge in [-0.3, -0.25) is 4.79 Å². The van der Waals surface area contributed by atoms with Crippen LogP contribution in [0.15, 0.2) is 40.9 Å². The van der Waals surface area contributed by atoms with Crippen molar-refractivity contribution in [2.45, 2.75) is 13.5 Å². The lowest BCUT2D eigenvalue weighted by molar-refractivity contribution is 0.0784. The molecule has 0 aliphatic rings. The molecule has 2 aromatic carbocycles. The molecule has 0 spiro atoms. The van der Waals surface area contributed by atoms with Gasteiger partial charge in [-0.2, -0.15) is 0 Å². The third kappa shape index (κ3) is 3.79. The molecule has 0 atom stereocenters. The summed E-state index contributed by atoms with van der Waals surface area (Å²) >= 11 is 15.3. The summed E-state index contributed by atoms with van der Waals surface area (Å²) in [7, 11) is 1.77. The van der Waals surface area contributed by atoms with Crippen LogP contribution in [0.1, 0.15) is 21.5 Å². The van der Waals surface area contributed by atoms with Gasteiger partial charge in [0.25, 0.3) is 5.91 Å². The van der Waals surface area contributed by atoms with Crippen LogP contribution in [0.3, 0.4) is 0 Å². The SMILES string of the molecule is Cc1c(Br)cccc1C(=O)N(C)Cc1ccc(Cl)c(Cl)c1. The number of amides is 1. The minimum absolute atomic E-state index is 0.0279. The molecule has 0 fully saturated rings. The third-order valence-electron chi connectivity index (χ3n) is 3.25. The van der Waals surface area contributed by atoms with E-state index in [1.54, 1.807) is 24.1 Å². The van der Waals surface area contributed by atoms with E-state index in [1.165, 1.54) is 0 Å². The molecule has 21 heavy (non-hydrogen) atoms. The normalized spacial score (nSPS) is 10.5. The second-order valence-electron chi connectivity index (χ2n) is 4.82. The molecule has 2 nitrogen and oxygen atoms in total. The molecule has 0 saturated heterocycles. The molecule has 0 aromatic heterocycles. The molecule has 0 N–H and O–H groups in total. The maximum Gasteiger partial charge on any atom is 0.254 e. The molecule has 0 radical (unpaired) electrons. The Kier molecular flexibility index (Phi) is 5.31. The molecule has 0 unspecified atom stereocenters. The molecule has 0 aliphatic carbocycles. The molecule has 0 heterocycles. The molecule has 0 bridgehead atoms. The van der Waals surface area contributed by atoms with Crippen molar-refractivity contribution in [2.24, 2.45) is 0 Å². The number of carbonyl (C=O) groups excluding carboxylic acids is 1. The summed E-state index contributed by atoms with van der Waals surface area (Å²) in [5.74, 6) is -0.0279. The molecule has 1 amide bonds. The van der Waals surface area contributed by atoms with Crippen molar-refractivity contribution in [2.75, 3.05) is 7.05 Å². The monoisotopic (exact) mass is 385 g/mol. The van der Waals surface area contributed by atoms with E-state index >= 15 is 0 Å². The molecule has 0 saturated carbocycles. The van der Waals surface area contributed by atoms with E-state index in [9.17, 15) is 4.79 Å². The van der Waals surface area contributed by atoms with Gasteiger partial charge in [-0.15, -0.1) is 0 Å². The van der Waals surface area contributed by atoms with Gasteiger partial charge in [-0.05, 0) is 42.3 Å². The Morgan fingerprint density at radius 1 is 1.19 bits per heavy atom. The predicted octanol–water partition coefficient (Wildman–Crippen LogP) is 5.34. The van der Waals surface area contributed by atoms with E-state index in [0.29, 0.717) is 22.2 Å². The summed E-state index contributed by atoms with van der Waals surface area (Å²) in [6, 6.07) is 11.0. The summed E-state index contributed by atoms with van der Waals surface area (Å²) < 4.78 is 0.927. The van der Waals surface area contributed by atoms with Crippen molar-refractivity contribution in [3.8, 4) is 0 Å². The van der Waals surface area contributed by atoms with E-state index in [-0.39, 0.29) is 5.91 Å². The fourth-order valence-corrected chi connectivity index (χ4v) is 2.72. The van der Waals surface area contributed by atoms with Gasteiger partial charge in [0, 0.05) is 23.6 Å². The smallest absolute Gasteiger partial charge is 0.254 e. The summed E-state index contributed by atoms with van der Waals surface area (Å²) in [6.45, 7) is 2.39. The number of hydrogen-bond donors (Lipinski definition) is 0. The standard InChI is InChI=1S/C16H14BrCl2NO/c1-10-12(4-3-5-13(10)17)16(21)20(2)9-11-6-7-14(18)15(19)8-11/h3-8H,9H2,1-2H3. The summed E-state index contributed by atoms with van der Waals surface area (Å²) in [6.07, 6.45) is 0. The maximum atomic E-state index is 12.5. The first kappa shape index (κ1) is 16.3. The van der Waals surface area contributed by atoms with Crippen molar-refractivity contribution in [3.63, 3.8) is 0 Å². The number of benzene rings is 2. The lowest BCUT2D eigenvalue weighted by Crippen LogP contribution is -2.26. The Morgan fingerprint density at radius 2 is 1.90 bits per heavy atom. The van der Waals surface area contributed by atoms with E-state index in [1.807, 2.05) is 31.2 Å². The molecule has 110 valence electrons. The minimum Gasteiger partial charge on any atom is -0.337 e. The number of carbonyl (C=O) groups is 1. The average Bonchev–Trinajstić information content (AvgIpc) is 2.45. The van der Waals surface area contributed by atoms with Gasteiger partial charge in [0.05, 0.1) is 10.0 Å². The van der Waals surface area contributed by atoms with E-state index in [0.717, 1.165) is 15.6 Å². The average molecular weight is 387 g/mol. The van der Waals surface area contributed by atoms with Crippen molar-refractivity contribution in [3.05, 3.63) is 67.6 Å². The summed E-state index contributed by atoms with van der Waals surface area (Å²) in [5.41, 5.74) is 2.56. The topological polar surface area (TPSA) is 20.3 Å². The molecular weight excluding hydrogens is 373 g/mol. The molecule has 5 heteroatoms. The van der Waals surface area contributed by atoms with Crippen molar-refractivity contribution in [1.29, 1.82) is 0 Å². The predicted molar refractivity (Wildman–Crippen MR) is 91.1 cm³/mol. The van der Waals surface area contributed by atoms with Crippen molar-refractivity contribution < 1.29 is 4.79 Å². The zero-order valence-electron chi connectivity index (χ0n) is 11.7. The summed E-state index contributed by atoms with van der Waals surface area (Å²) in [5, 5.41) is 1.01. The Labute approximate surface area is 142 Å². The fourth-order valence-electron chi connectivity index (χ4n) is 2.03. The first-order valence-corrected chi connectivity index (χ1v) is 7.89. The van der Waals surface area contributed by atoms with Gasteiger partial charge in [0.15, 0.2) is 0 Å². The van der Waals surface area contributed by atoms with Gasteiger partial charge in [0.1, 0.15) is 0 Å². The van der Waals surface area contributed by atoms with E-state index < -0.39 is 0 Å². The number of hydrogen-bond acceptors (Lipinski definition) is 1. The van der Waals surface area contributed by atoms with Crippen molar-refractivity contribution >= 4 is 45.0 Å². The lowest BCUT2D eigenvalue weighted by atomic mass is 10.1. The zero-order valence-corrected chi connectivity index (χ0v) is 14.8. The first-order valence-electron chi connectivity index (χ1n) is 6.34. The van der Waals surface area contributed by atoms with E-state index in [4.69, 9.17) is 23.2 Å². The number of halogens is 3. The highest BCUT2D eigenvalue weighted by atomic mass is 79.9. The Bertz CT molecular complexity index is 688. The van der Waals surface area contributed by atoms with Crippen LogP contribution in [0.25, 0.3) is 0 Å². The summed E-state index contributed by atoms with van der Waals surface area (Å²) in [4.78, 5) is 14.2. The fraction of sp³-hybridized carbons (Fsp3) is 0.188. The van der Waals surface area contributed by atoms with Gasteiger partial charge >= 0.3 is 0 Å². The molecule has 0 aliphatic heterocycles. The third-order valence-corrected chi connectivity index (χ3v) is 4.85. The highest BCUT2D eigenvalue weighted by molar-refractivity contribution is 9.10. The zero-order chi connectivity index (χ0) is 15.6. The van der Waals surface area contributed by atoms with Crippen LogP contribution in [0.4, 0.5) is 0 Å². The van der Waals surface area contributed by atoms with Crippen molar-refractivity contribution in [1.82, 2.24) is 4.90 Å². The van der Waals surface area contributed by atoms with Crippen LogP contribution in [0, 0.1) is 6.92 Å². The largest absolute Gasteiger partial charge is 0.337 e. The first-order chi connectivity index (χ1) is 9.90. The van der Waals surface area contributed by atoms with Crippen LogP contribution in [0.5, 0.6) is 0 Å². The number of rotatable bonds is 3.